The van der Waals surface area contributed by atoms with Crippen LogP contribution in [0.5, 0.6) is 0 Å². The van der Waals surface area contributed by atoms with Gasteiger partial charge in [0.05, 0.1) is 6.04 Å². The Labute approximate surface area is 116 Å². The highest BCUT2D eigenvalue weighted by atomic mass is 16.4. The molecule has 1 aliphatic heterocycles. The van der Waals surface area contributed by atoms with Crippen molar-refractivity contribution < 1.29 is 24.6 Å². The molecular formula is C12H21N3O5. The first-order valence-electron chi connectivity index (χ1n) is 6.57. The fourth-order valence-corrected chi connectivity index (χ4v) is 2.15. The number of rotatable bonds is 6. The summed E-state index contributed by atoms with van der Waals surface area (Å²) in [5.41, 5.74) is 0. The van der Waals surface area contributed by atoms with E-state index in [4.69, 9.17) is 5.11 Å². The summed E-state index contributed by atoms with van der Waals surface area (Å²) >= 11 is 0. The Morgan fingerprint density at radius 2 is 2.05 bits per heavy atom. The molecular weight excluding hydrogens is 266 g/mol. The van der Waals surface area contributed by atoms with Crippen molar-refractivity contribution in [1.29, 1.82) is 0 Å². The topological polar surface area (TPSA) is 128 Å². The summed E-state index contributed by atoms with van der Waals surface area (Å²) in [5, 5.41) is 26.0. The van der Waals surface area contributed by atoms with E-state index in [2.05, 4.69) is 16.0 Å². The van der Waals surface area contributed by atoms with E-state index >= 15 is 0 Å². The summed E-state index contributed by atoms with van der Waals surface area (Å²) in [4.78, 5) is 34.0. The molecule has 5 N–H and O–H groups in total. The second-order valence-corrected chi connectivity index (χ2v) is 5.18. The summed E-state index contributed by atoms with van der Waals surface area (Å²) < 4.78 is 0. The number of aliphatic hydroxyl groups excluding tert-OH is 1. The van der Waals surface area contributed by atoms with Gasteiger partial charge in [-0.3, -0.25) is 9.59 Å². The van der Waals surface area contributed by atoms with Crippen LogP contribution in [0.2, 0.25) is 0 Å². The van der Waals surface area contributed by atoms with Crippen molar-refractivity contribution in [3.63, 3.8) is 0 Å². The third kappa shape index (κ3) is 4.69. The molecule has 3 atom stereocenters. The van der Waals surface area contributed by atoms with Crippen molar-refractivity contribution in [3.05, 3.63) is 0 Å². The molecule has 8 heteroatoms. The third-order valence-electron chi connectivity index (χ3n) is 3.09. The predicted molar refractivity (Wildman–Crippen MR) is 70.0 cm³/mol. The zero-order chi connectivity index (χ0) is 15.3. The van der Waals surface area contributed by atoms with Gasteiger partial charge in [0.1, 0.15) is 0 Å². The van der Waals surface area contributed by atoms with Gasteiger partial charge in [-0.2, -0.15) is 0 Å². The number of aliphatic hydroxyl groups is 1. The average molecular weight is 287 g/mol. The van der Waals surface area contributed by atoms with Crippen LogP contribution in [0.3, 0.4) is 0 Å². The maximum absolute atomic E-state index is 11.7. The first-order valence-corrected chi connectivity index (χ1v) is 6.57. The molecule has 1 fully saturated rings. The SMILES string of the molecule is CC(C)NC(=O)C(O)[C@H](CC1CCNC1=O)NC(=O)O. The number of hydrogen-bond acceptors (Lipinski definition) is 4. The van der Waals surface area contributed by atoms with Crippen LogP contribution >= 0.6 is 0 Å². The van der Waals surface area contributed by atoms with E-state index < -0.39 is 30.1 Å². The summed E-state index contributed by atoms with van der Waals surface area (Å²) in [6.45, 7) is 3.99. The van der Waals surface area contributed by atoms with Gasteiger partial charge >= 0.3 is 6.09 Å². The van der Waals surface area contributed by atoms with Gasteiger partial charge in [-0.05, 0) is 26.7 Å². The van der Waals surface area contributed by atoms with E-state index in [0.29, 0.717) is 13.0 Å². The van der Waals surface area contributed by atoms with Gasteiger partial charge in [-0.25, -0.2) is 4.79 Å². The van der Waals surface area contributed by atoms with Gasteiger partial charge in [0.25, 0.3) is 5.91 Å². The Balaban J connectivity index is 2.69. The van der Waals surface area contributed by atoms with Crippen LogP contribution in [-0.4, -0.2) is 52.9 Å². The highest BCUT2D eigenvalue weighted by Gasteiger charge is 2.34. The lowest BCUT2D eigenvalue weighted by molar-refractivity contribution is -0.132. The van der Waals surface area contributed by atoms with E-state index in [-0.39, 0.29) is 18.4 Å². The van der Waals surface area contributed by atoms with Gasteiger partial charge in [0.2, 0.25) is 5.91 Å². The Hall–Kier alpha value is -1.83. The van der Waals surface area contributed by atoms with E-state index in [1.165, 1.54) is 0 Å². The molecule has 0 aromatic carbocycles. The highest BCUT2D eigenvalue weighted by Crippen LogP contribution is 2.18. The average Bonchev–Trinajstić information content (AvgIpc) is 2.71. The molecule has 0 aromatic heterocycles. The van der Waals surface area contributed by atoms with Gasteiger partial charge in [0, 0.05) is 18.5 Å². The van der Waals surface area contributed by atoms with Crippen molar-refractivity contribution >= 4 is 17.9 Å². The summed E-state index contributed by atoms with van der Waals surface area (Å²) in [5.74, 6) is -1.23. The second kappa shape index (κ2) is 7.09. The number of amides is 3. The highest BCUT2D eigenvalue weighted by molar-refractivity contribution is 5.83. The first-order chi connectivity index (χ1) is 9.31. The van der Waals surface area contributed by atoms with E-state index in [0.717, 1.165) is 0 Å². The van der Waals surface area contributed by atoms with Crippen molar-refractivity contribution in [2.75, 3.05) is 6.54 Å². The zero-order valence-electron chi connectivity index (χ0n) is 11.5. The number of carbonyl (C=O) groups excluding carboxylic acids is 2. The molecule has 3 amide bonds. The standard InChI is InChI=1S/C12H21N3O5/c1-6(2)14-11(18)9(16)8(15-12(19)20)5-7-3-4-13-10(7)17/h6-9,15-16H,3-5H2,1-2H3,(H,13,17)(H,14,18)(H,19,20)/t7?,8-,9?/m0/s1. The Kier molecular flexibility index (Phi) is 5.75. The van der Waals surface area contributed by atoms with Crippen LogP contribution in [0.25, 0.3) is 0 Å². The Bertz CT molecular complexity index is 385. The smallest absolute Gasteiger partial charge is 0.404 e. The fourth-order valence-electron chi connectivity index (χ4n) is 2.15. The molecule has 0 radical (unpaired) electrons. The minimum Gasteiger partial charge on any atom is -0.465 e. The van der Waals surface area contributed by atoms with Crippen LogP contribution in [0.1, 0.15) is 26.7 Å². The van der Waals surface area contributed by atoms with Gasteiger partial charge in [-0.1, -0.05) is 0 Å². The molecule has 0 bridgehead atoms. The zero-order valence-corrected chi connectivity index (χ0v) is 11.5. The third-order valence-corrected chi connectivity index (χ3v) is 3.09. The first kappa shape index (κ1) is 16.2. The molecule has 1 aliphatic rings. The summed E-state index contributed by atoms with van der Waals surface area (Å²) in [7, 11) is 0. The molecule has 1 rings (SSSR count). The Morgan fingerprint density at radius 1 is 1.40 bits per heavy atom. The number of hydrogen-bond donors (Lipinski definition) is 5. The molecule has 0 saturated carbocycles. The van der Waals surface area contributed by atoms with E-state index in [1.54, 1.807) is 13.8 Å². The molecule has 20 heavy (non-hydrogen) atoms. The Morgan fingerprint density at radius 3 is 2.50 bits per heavy atom. The quantitative estimate of drug-likeness (QED) is 0.429. The molecule has 0 aromatic rings. The van der Waals surface area contributed by atoms with Crippen molar-refractivity contribution in [3.8, 4) is 0 Å². The predicted octanol–water partition coefficient (Wildman–Crippen LogP) is -0.966. The molecule has 8 nitrogen and oxygen atoms in total. The van der Waals surface area contributed by atoms with Crippen molar-refractivity contribution in [2.24, 2.45) is 5.92 Å². The summed E-state index contributed by atoms with van der Waals surface area (Å²) in [6, 6.07) is -1.18. The molecule has 1 saturated heterocycles. The van der Waals surface area contributed by atoms with E-state index in [9.17, 15) is 19.5 Å². The molecule has 0 spiro atoms. The van der Waals surface area contributed by atoms with Crippen LogP contribution in [0.15, 0.2) is 0 Å². The lowest BCUT2D eigenvalue weighted by Crippen LogP contribution is -2.52. The monoisotopic (exact) mass is 287 g/mol. The maximum Gasteiger partial charge on any atom is 0.404 e. The lowest BCUT2D eigenvalue weighted by Gasteiger charge is -2.24. The molecule has 0 aliphatic carbocycles. The van der Waals surface area contributed by atoms with E-state index in [1.807, 2.05) is 0 Å². The van der Waals surface area contributed by atoms with Crippen LogP contribution < -0.4 is 16.0 Å². The van der Waals surface area contributed by atoms with Gasteiger partial charge in [-0.15, -0.1) is 0 Å². The van der Waals surface area contributed by atoms with Crippen LogP contribution in [0.4, 0.5) is 4.79 Å². The largest absolute Gasteiger partial charge is 0.465 e. The second-order valence-electron chi connectivity index (χ2n) is 5.18. The van der Waals surface area contributed by atoms with Crippen LogP contribution in [-0.2, 0) is 9.59 Å². The minimum absolute atomic E-state index is 0.0881. The number of nitrogens with one attached hydrogen (secondary N) is 3. The van der Waals surface area contributed by atoms with Crippen molar-refractivity contribution in [2.45, 2.75) is 44.9 Å². The lowest BCUT2D eigenvalue weighted by atomic mass is 9.94. The maximum atomic E-state index is 11.7. The van der Waals surface area contributed by atoms with Gasteiger partial charge in [0.15, 0.2) is 6.10 Å². The van der Waals surface area contributed by atoms with Crippen molar-refractivity contribution in [1.82, 2.24) is 16.0 Å². The summed E-state index contributed by atoms with van der Waals surface area (Å²) in [6.07, 6.45) is -2.22. The minimum atomic E-state index is -1.53. The molecule has 2 unspecified atom stereocenters. The number of carboxylic acid groups (broad SMARTS) is 1. The van der Waals surface area contributed by atoms with Crippen LogP contribution in [0, 0.1) is 5.92 Å². The molecule has 114 valence electrons. The van der Waals surface area contributed by atoms with Gasteiger partial charge < -0.3 is 26.2 Å². The fraction of sp³-hybridized carbons (Fsp3) is 0.750. The number of carbonyl (C=O) groups is 3. The normalized spacial score (nSPS) is 21.2. The molecule has 1 heterocycles.